The number of hydrogen-bond donors (Lipinski definition) is 4. The summed E-state index contributed by atoms with van der Waals surface area (Å²) in [6.07, 6.45) is -9.25. The molecule has 0 saturated carbocycles. The van der Waals surface area contributed by atoms with Gasteiger partial charge in [-0.05, 0) is 6.92 Å². The maximum atomic E-state index is 10.6. The average Bonchev–Trinajstić information content (AvgIpc) is 2.24. The molecule has 0 aromatic carbocycles. The maximum Gasteiger partial charge on any atom is 1.00 e. The zero-order chi connectivity index (χ0) is 13.2. The van der Waals surface area contributed by atoms with Gasteiger partial charge in [-0.15, -0.1) is 0 Å². The summed E-state index contributed by atoms with van der Waals surface area (Å²) < 4.78 is 9.61. The van der Waals surface area contributed by atoms with Gasteiger partial charge in [0.05, 0.1) is 18.7 Å². The Hall–Kier alpha value is 0.230. The third-order valence-electron chi connectivity index (χ3n) is 2.30. The minimum atomic E-state index is -1.80. The Labute approximate surface area is 125 Å². The van der Waals surface area contributed by atoms with Crippen LogP contribution in [0, 0.1) is 0 Å². The third kappa shape index (κ3) is 4.41. The van der Waals surface area contributed by atoms with Crippen LogP contribution in [0.5, 0.6) is 0 Å². The second-order valence-electron chi connectivity index (χ2n) is 3.90. The van der Waals surface area contributed by atoms with Crippen molar-refractivity contribution in [2.24, 2.45) is 0 Å². The van der Waals surface area contributed by atoms with Crippen LogP contribution in [0.4, 0.5) is 0 Å². The van der Waals surface area contributed by atoms with Crippen molar-refractivity contribution in [1.82, 2.24) is 0 Å². The van der Waals surface area contributed by atoms with E-state index in [-0.39, 0.29) is 36.2 Å². The monoisotopic (exact) mass is 274 g/mol. The standard InChI is InChI=1S/C9H16O8.Na/c1-3(10)2-16-9-6(13)4(11)5(12)7(17-9)8(14)15;/h3-7,9-13H,2H2,1H3,(H,14,15);/q;+1/p-1/t3?,4-,5+,6-,7?,9+;/m0./s1. The fourth-order valence-corrected chi connectivity index (χ4v) is 1.41. The number of carbonyl (C=O) groups is 1. The Morgan fingerprint density at radius 2 is 1.89 bits per heavy atom. The van der Waals surface area contributed by atoms with Gasteiger partial charge >= 0.3 is 29.6 Å². The Kier molecular flexibility index (Phi) is 7.83. The number of aliphatic hydroxyl groups is 4. The van der Waals surface area contributed by atoms with Crippen LogP contribution in [0.15, 0.2) is 0 Å². The van der Waals surface area contributed by atoms with Crippen LogP contribution in [-0.4, -0.2) is 69.8 Å². The summed E-state index contributed by atoms with van der Waals surface area (Å²) in [4.78, 5) is 10.6. The molecule has 0 spiro atoms. The molecule has 100 valence electrons. The molecule has 0 amide bonds. The van der Waals surface area contributed by atoms with Gasteiger partial charge in [-0.1, -0.05) is 0 Å². The number of aliphatic hydroxyl groups excluding tert-OH is 4. The summed E-state index contributed by atoms with van der Waals surface area (Å²) in [5.41, 5.74) is 0. The zero-order valence-electron chi connectivity index (χ0n) is 10.1. The predicted octanol–water partition coefficient (Wildman–Crippen LogP) is -7.05. The Morgan fingerprint density at radius 3 is 2.33 bits per heavy atom. The van der Waals surface area contributed by atoms with Gasteiger partial charge in [-0.3, -0.25) is 0 Å². The summed E-state index contributed by atoms with van der Waals surface area (Å²) in [5, 5.41) is 47.7. The van der Waals surface area contributed by atoms with E-state index in [4.69, 9.17) is 14.6 Å². The number of carbonyl (C=O) groups excluding carboxylic acids is 1. The normalized spacial score (nSPS) is 37.7. The second kappa shape index (κ2) is 7.73. The minimum absolute atomic E-state index is 0. The van der Waals surface area contributed by atoms with Crippen molar-refractivity contribution in [3.05, 3.63) is 0 Å². The molecule has 1 fully saturated rings. The number of carboxylic acids is 1. The zero-order valence-corrected chi connectivity index (χ0v) is 12.1. The molecular weight excluding hydrogens is 259 g/mol. The molecule has 8 nitrogen and oxygen atoms in total. The van der Waals surface area contributed by atoms with Gasteiger partial charge in [0.1, 0.15) is 24.4 Å². The summed E-state index contributed by atoms with van der Waals surface area (Å²) >= 11 is 0. The first kappa shape index (κ1) is 18.2. The molecule has 4 N–H and O–H groups in total. The van der Waals surface area contributed by atoms with Crippen molar-refractivity contribution >= 4 is 5.97 Å². The van der Waals surface area contributed by atoms with E-state index >= 15 is 0 Å². The first-order chi connectivity index (χ1) is 7.84. The molecule has 9 heteroatoms. The van der Waals surface area contributed by atoms with Gasteiger partial charge in [0, 0.05) is 0 Å². The SMILES string of the molecule is CC(O)CO[C@@H]1OC(C(=O)[O-])[C@H](O)[C@H](O)[C@@H]1O.[Na+]. The third-order valence-corrected chi connectivity index (χ3v) is 2.30. The van der Waals surface area contributed by atoms with Crippen LogP contribution in [0.3, 0.4) is 0 Å². The molecule has 1 aliphatic rings. The van der Waals surface area contributed by atoms with Gasteiger partial charge in [-0.25, -0.2) is 0 Å². The smallest absolute Gasteiger partial charge is 0.547 e. The Balaban J connectivity index is 0.00000289. The summed E-state index contributed by atoms with van der Waals surface area (Å²) in [6, 6.07) is 0. The number of hydrogen-bond acceptors (Lipinski definition) is 8. The fourth-order valence-electron chi connectivity index (χ4n) is 1.41. The summed E-state index contributed by atoms with van der Waals surface area (Å²) in [5.74, 6) is -1.73. The fraction of sp³-hybridized carbons (Fsp3) is 0.889. The maximum absolute atomic E-state index is 10.6. The molecule has 0 bridgehead atoms. The van der Waals surface area contributed by atoms with Crippen LogP contribution in [0.2, 0.25) is 0 Å². The van der Waals surface area contributed by atoms with Crippen molar-refractivity contribution < 1.29 is 69.4 Å². The predicted molar refractivity (Wildman–Crippen MR) is 49.3 cm³/mol. The molecule has 6 atom stereocenters. The van der Waals surface area contributed by atoms with Crippen molar-refractivity contribution in [3.8, 4) is 0 Å². The van der Waals surface area contributed by atoms with E-state index in [2.05, 4.69) is 0 Å². The number of ether oxygens (including phenoxy) is 2. The molecule has 0 aliphatic carbocycles. The van der Waals surface area contributed by atoms with E-state index in [1.807, 2.05) is 0 Å². The van der Waals surface area contributed by atoms with E-state index in [1.165, 1.54) is 6.92 Å². The second-order valence-corrected chi connectivity index (χ2v) is 3.90. The van der Waals surface area contributed by atoms with Crippen molar-refractivity contribution in [1.29, 1.82) is 0 Å². The topological polar surface area (TPSA) is 140 Å². The van der Waals surface area contributed by atoms with Gasteiger partial charge in [0.2, 0.25) is 0 Å². The minimum Gasteiger partial charge on any atom is -0.547 e. The van der Waals surface area contributed by atoms with Crippen LogP contribution < -0.4 is 34.7 Å². The molecule has 18 heavy (non-hydrogen) atoms. The van der Waals surface area contributed by atoms with Crippen molar-refractivity contribution in [3.63, 3.8) is 0 Å². The van der Waals surface area contributed by atoms with Gasteiger partial charge in [0.15, 0.2) is 6.29 Å². The molecule has 2 unspecified atom stereocenters. The molecule has 1 rings (SSSR count). The molecule has 1 saturated heterocycles. The molecule has 0 aromatic rings. The summed E-state index contributed by atoms with van der Waals surface area (Å²) in [7, 11) is 0. The van der Waals surface area contributed by atoms with E-state index in [0.717, 1.165) is 0 Å². The van der Waals surface area contributed by atoms with Gasteiger partial charge in [-0.2, -0.15) is 0 Å². The van der Waals surface area contributed by atoms with Crippen LogP contribution in [0.1, 0.15) is 6.92 Å². The first-order valence-electron chi connectivity index (χ1n) is 5.04. The molecule has 1 heterocycles. The number of carboxylic acid groups (broad SMARTS) is 1. The molecule has 0 aromatic heterocycles. The van der Waals surface area contributed by atoms with Crippen LogP contribution >= 0.6 is 0 Å². The number of aliphatic carboxylic acids is 1. The van der Waals surface area contributed by atoms with Crippen molar-refractivity contribution in [2.45, 2.75) is 43.7 Å². The molecule has 0 radical (unpaired) electrons. The largest absolute Gasteiger partial charge is 1.00 e. The van der Waals surface area contributed by atoms with E-state index in [0.29, 0.717) is 0 Å². The quantitative estimate of drug-likeness (QED) is 0.371. The van der Waals surface area contributed by atoms with Crippen LogP contribution in [-0.2, 0) is 14.3 Å². The van der Waals surface area contributed by atoms with E-state index in [1.54, 1.807) is 0 Å². The van der Waals surface area contributed by atoms with Crippen LogP contribution in [0.25, 0.3) is 0 Å². The molecule has 1 aliphatic heterocycles. The Bertz CT molecular complexity index is 273. The number of rotatable bonds is 4. The van der Waals surface area contributed by atoms with E-state index in [9.17, 15) is 25.2 Å². The average molecular weight is 274 g/mol. The first-order valence-corrected chi connectivity index (χ1v) is 5.04. The van der Waals surface area contributed by atoms with E-state index < -0.39 is 42.8 Å². The van der Waals surface area contributed by atoms with Crippen molar-refractivity contribution in [2.75, 3.05) is 6.61 Å². The molecular formula is C9H15NaO8. The van der Waals surface area contributed by atoms with Gasteiger partial charge < -0.3 is 39.8 Å². The summed E-state index contributed by atoms with van der Waals surface area (Å²) in [6.45, 7) is 1.20. The van der Waals surface area contributed by atoms with Gasteiger partial charge in [0.25, 0.3) is 0 Å². The Morgan fingerprint density at radius 1 is 1.33 bits per heavy atom.